The number of amides is 1. The van der Waals surface area contributed by atoms with Gasteiger partial charge < -0.3 is 14.4 Å². The Kier molecular flexibility index (Phi) is 5.45. The predicted molar refractivity (Wildman–Crippen MR) is 114 cm³/mol. The zero-order chi connectivity index (χ0) is 20.4. The second-order valence-electron chi connectivity index (χ2n) is 6.97. The number of carbonyl (C=O) groups excluding carboxylic acids is 1. The van der Waals surface area contributed by atoms with Crippen LogP contribution in [-0.2, 0) is 6.42 Å². The van der Waals surface area contributed by atoms with Crippen LogP contribution in [0.1, 0.15) is 33.1 Å². The van der Waals surface area contributed by atoms with Gasteiger partial charge in [0.2, 0.25) is 0 Å². The Morgan fingerprint density at radius 3 is 2.21 bits per heavy atom. The molecule has 1 heterocycles. The van der Waals surface area contributed by atoms with Gasteiger partial charge in [0.05, 0.1) is 20.3 Å². The highest BCUT2D eigenvalue weighted by molar-refractivity contribution is 6.31. The molecule has 0 bridgehead atoms. The Bertz CT molecular complexity index is 1030. The summed E-state index contributed by atoms with van der Waals surface area (Å²) < 4.78 is 10.7. The molecule has 5 heteroatoms. The van der Waals surface area contributed by atoms with Gasteiger partial charge in [0.25, 0.3) is 5.91 Å². The Morgan fingerprint density at radius 1 is 0.931 bits per heavy atom. The van der Waals surface area contributed by atoms with Gasteiger partial charge >= 0.3 is 0 Å². The molecule has 1 atom stereocenters. The lowest BCUT2D eigenvalue weighted by Gasteiger charge is -2.38. The SMILES string of the molecule is COc1cc(OC)cc(C(=O)N2CCc3ccccc3[C@H]2c2ccccc2Cl)c1. The van der Waals surface area contributed by atoms with Gasteiger partial charge in [0.15, 0.2) is 0 Å². The molecule has 0 aromatic heterocycles. The summed E-state index contributed by atoms with van der Waals surface area (Å²) in [7, 11) is 3.15. The lowest BCUT2D eigenvalue weighted by Crippen LogP contribution is -2.40. The Morgan fingerprint density at radius 2 is 1.55 bits per heavy atom. The third-order valence-corrected chi connectivity index (χ3v) is 5.69. The van der Waals surface area contributed by atoms with Crippen molar-refractivity contribution in [1.29, 1.82) is 0 Å². The summed E-state index contributed by atoms with van der Waals surface area (Å²) >= 11 is 6.56. The molecular weight excluding hydrogens is 386 g/mol. The average Bonchev–Trinajstić information content (AvgIpc) is 2.78. The molecular formula is C24H22ClNO3. The standard InChI is InChI=1S/C24H22ClNO3/c1-28-18-13-17(14-19(15-18)29-2)24(27)26-12-11-16-7-3-4-8-20(16)23(26)21-9-5-6-10-22(21)25/h3-10,13-15,23H,11-12H2,1-2H3/t23-/m0/s1. The fourth-order valence-corrected chi connectivity index (χ4v) is 4.15. The molecule has 4 rings (SSSR count). The number of hydrogen-bond donors (Lipinski definition) is 0. The van der Waals surface area contributed by atoms with E-state index in [9.17, 15) is 4.79 Å². The van der Waals surface area contributed by atoms with Crippen molar-refractivity contribution in [1.82, 2.24) is 4.90 Å². The van der Waals surface area contributed by atoms with Gasteiger partial charge in [-0.3, -0.25) is 4.79 Å². The van der Waals surface area contributed by atoms with Crippen LogP contribution in [0, 0.1) is 0 Å². The zero-order valence-corrected chi connectivity index (χ0v) is 17.1. The maximum atomic E-state index is 13.6. The fourth-order valence-electron chi connectivity index (χ4n) is 3.91. The van der Waals surface area contributed by atoms with E-state index < -0.39 is 0 Å². The largest absolute Gasteiger partial charge is 0.497 e. The summed E-state index contributed by atoms with van der Waals surface area (Å²) in [6.45, 7) is 0.602. The van der Waals surface area contributed by atoms with E-state index in [0.29, 0.717) is 28.6 Å². The molecule has 0 spiro atoms. The molecule has 0 unspecified atom stereocenters. The van der Waals surface area contributed by atoms with Crippen molar-refractivity contribution in [3.05, 3.63) is 94.0 Å². The van der Waals surface area contributed by atoms with Gasteiger partial charge in [0.1, 0.15) is 11.5 Å². The van der Waals surface area contributed by atoms with Crippen LogP contribution >= 0.6 is 11.6 Å². The zero-order valence-electron chi connectivity index (χ0n) is 16.4. The van der Waals surface area contributed by atoms with E-state index in [2.05, 4.69) is 12.1 Å². The first-order valence-corrected chi connectivity index (χ1v) is 9.86. The van der Waals surface area contributed by atoms with Gasteiger partial charge in [-0.25, -0.2) is 0 Å². The number of hydrogen-bond acceptors (Lipinski definition) is 3. The topological polar surface area (TPSA) is 38.8 Å². The van der Waals surface area contributed by atoms with Crippen LogP contribution in [0.15, 0.2) is 66.7 Å². The number of carbonyl (C=O) groups is 1. The molecule has 0 saturated heterocycles. The Labute approximate surface area is 175 Å². The van der Waals surface area contributed by atoms with Crippen LogP contribution in [0.2, 0.25) is 5.02 Å². The van der Waals surface area contributed by atoms with Gasteiger partial charge in [-0.05, 0) is 41.3 Å². The molecule has 0 fully saturated rings. The lowest BCUT2D eigenvalue weighted by molar-refractivity contribution is 0.0694. The second-order valence-corrected chi connectivity index (χ2v) is 7.38. The minimum Gasteiger partial charge on any atom is -0.497 e. The summed E-state index contributed by atoms with van der Waals surface area (Å²) in [5.74, 6) is 1.08. The molecule has 4 nitrogen and oxygen atoms in total. The maximum Gasteiger partial charge on any atom is 0.254 e. The molecule has 1 aliphatic rings. The first-order chi connectivity index (χ1) is 14.1. The van der Waals surface area contributed by atoms with Crippen molar-refractivity contribution < 1.29 is 14.3 Å². The summed E-state index contributed by atoms with van der Waals surface area (Å²) in [4.78, 5) is 15.5. The van der Waals surface area contributed by atoms with E-state index >= 15 is 0 Å². The number of benzene rings is 3. The molecule has 0 N–H and O–H groups in total. The quantitative estimate of drug-likeness (QED) is 0.600. The minimum atomic E-state index is -0.252. The highest BCUT2D eigenvalue weighted by Crippen LogP contribution is 2.39. The van der Waals surface area contributed by atoms with Crippen LogP contribution in [0.3, 0.4) is 0 Å². The van der Waals surface area contributed by atoms with Gasteiger partial charge in [-0.15, -0.1) is 0 Å². The van der Waals surface area contributed by atoms with Crippen molar-refractivity contribution in [2.75, 3.05) is 20.8 Å². The maximum absolute atomic E-state index is 13.6. The lowest BCUT2D eigenvalue weighted by atomic mass is 9.87. The third-order valence-electron chi connectivity index (χ3n) is 5.34. The summed E-state index contributed by atoms with van der Waals surface area (Å²) in [6, 6.07) is 20.9. The molecule has 0 saturated carbocycles. The van der Waals surface area contributed by atoms with Crippen molar-refractivity contribution >= 4 is 17.5 Å². The summed E-state index contributed by atoms with van der Waals surface area (Å²) in [5, 5.41) is 0.648. The second kappa shape index (κ2) is 8.18. The number of ether oxygens (including phenoxy) is 2. The van der Waals surface area contributed by atoms with E-state index in [1.807, 2.05) is 41.3 Å². The van der Waals surface area contributed by atoms with Crippen LogP contribution < -0.4 is 9.47 Å². The molecule has 3 aromatic rings. The predicted octanol–water partition coefficient (Wildman–Crippen LogP) is 5.15. The number of methoxy groups -OCH3 is 2. The van der Waals surface area contributed by atoms with E-state index in [-0.39, 0.29) is 11.9 Å². The van der Waals surface area contributed by atoms with Crippen molar-refractivity contribution in [3.63, 3.8) is 0 Å². The molecule has 29 heavy (non-hydrogen) atoms. The number of rotatable bonds is 4. The summed E-state index contributed by atoms with van der Waals surface area (Å²) in [5.41, 5.74) is 3.79. The third kappa shape index (κ3) is 3.68. The monoisotopic (exact) mass is 407 g/mol. The molecule has 1 amide bonds. The highest BCUT2D eigenvalue weighted by Gasteiger charge is 2.33. The van der Waals surface area contributed by atoms with Crippen molar-refractivity contribution in [3.8, 4) is 11.5 Å². The fraction of sp³-hybridized carbons (Fsp3) is 0.208. The molecule has 0 radical (unpaired) electrons. The van der Waals surface area contributed by atoms with Gasteiger partial charge in [-0.1, -0.05) is 54.1 Å². The highest BCUT2D eigenvalue weighted by atomic mass is 35.5. The van der Waals surface area contributed by atoms with E-state index in [1.54, 1.807) is 32.4 Å². The van der Waals surface area contributed by atoms with Crippen molar-refractivity contribution in [2.45, 2.75) is 12.5 Å². The summed E-state index contributed by atoms with van der Waals surface area (Å²) in [6.07, 6.45) is 0.796. The van der Waals surface area contributed by atoms with E-state index in [4.69, 9.17) is 21.1 Å². The minimum absolute atomic E-state index is 0.0818. The molecule has 3 aromatic carbocycles. The molecule has 1 aliphatic heterocycles. The van der Waals surface area contributed by atoms with Crippen LogP contribution in [0.4, 0.5) is 0 Å². The molecule has 0 aliphatic carbocycles. The van der Waals surface area contributed by atoms with Crippen molar-refractivity contribution in [2.24, 2.45) is 0 Å². The average molecular weight is 408 g/mol. The van der Waals surface area contributed by atoms with Gasteiger partial charge in [-0.2, -0.15) is 0 Å². The van der Waals surface area contributed by atoms with Crippen LogP contribution in [-0.4, -0.2) is 31.6 Å². The first kappa shape index (κ1) is 19.3. The Balaban J connectivity index is 1.82. The molecule has 148 valence electrons. The number of fused-ring (bicyclic) bond motifs is 1. The van der Waals surface area contributed by atoms with Gasteiger partial charge in [0, 0.05) is 23.2 Å². The normalized spacial score (nSPS) is 15.6. The van der Waals surface area contributed by atoms with E-state index in [1.165, 1.54) is 5.56 Å². The number of halogens is 1. The smallest absolute Gasteiger partial charge is 0.254 e. The number of nitrogens with zero attached hydrogens (tertiary/aromatic N) is 1. The van der Waals surface area contributed by atoms with E-state index in [0.717, 1.165) is 17.5 Å². The van der Waals surface area contributed by atoms with Crippen LogP contribution in [0.25, 0.3) is 0 Å². The van der Waals surface area contributed by atoms with Crippen LogP contribution in [0.5, 0.6) is 11.5 Å². The Hall–Kier alpha value is -2.98. The first-order valence-electron chi connectivity index (χ1n) is 9.48.